The summed E-state index contributed by atoms with van der Waals surface area (Å²) in [5.74, 6) is 0.825. The first-order chi connectivity index (χ1) is 10.9. The van der Waals surface area contributed by atoms with E-state index in [-0.39, 0.29) is 0 Å². The smallest absolute Gasteiger partial charge is 0.191 e. The molecule has 1 aliphatic heterocycles. The molecule has 1 fully saturated rings. The maximum atomic E-state index is 10.4. The van der Waals surface area contributed by atoms with Gasteiger partial charge in [0.05, 0.1) is 12.1 Å². The minimum Gasteiger partial charge on any atom is -0.388 e. The van der Waals surface area contributed by atoms with Crippen molar-refractivity contribution in [1.29, 1.82) is 0 Å². The average molecular weight is 325 g/mol. The molecule has 0 amide bonds. The monoisotopic (exact) mass is 324 g/mol. The molecule has 3 N–H and O–H groups in total. The van der Waals surface area contributed by atoms with Gasteiger partial charge in [-0.2, -0.15) is 0 Å². The quantitative estimate of drug-likeness (QED) is 0.364. The predicted molar refractivity (Wildman–Crippen MR) is 98.9 cm³/mol. The molecule has 0 saturated carbocycles. The van der Waals surface area contributed by atoms with Crippen LogP contribution >= 0.6 is 0 Å². The van der Waals surface area contributed by atoms with Crippen LogP contribution in [0.25, 0.3) is 0 Å². The van der Waals surface area contributed by atoms with Gasteiger partial charge in [-0.25, -0.2) is 0 Å². The van der Waals surface area contributed by atoms with Crippen LogP contribution in [0.1, 0.15) is 53.4 Å². The van der Waals surface area contributed by atoms with Gasteiger partial charge < -0.3 is 15.7 Å². The highest BCUT2D eigenvalue weighted by molar-refractivity contribution is 5.80. The van der Waals surface area contributed by atoms with Crippen LogP contribution in [0.2, 0.25) is 0 Å². The van der Waals surface area contributed by atoms with E-state index >= 15 is 0 Å². The molecule has 5 heteroatoms. The van der Waals surface area contributed by atoms with Gasteiger partial charge in [0.25, 0.3) is 0 Å². The second-order valence-electron chi connectivity index (χ2n) is 6.78. The Kier molecular flexibility index (Phi) is 8.63. The number of nitrogens with one attached hydrogen (secondary N) is 2. The van der Waals surface area contributed by atoms with E-state index in [1.807, 2.05) is 13.8 Å². The lowest BCUT2D eigenvalue weighted by molar-refractivity contribution is 0.0417. The molecule has 0 aromatic carbocycles. The Balaban J connectivity index is 2.52. The van der Waals surface area contributed by atoms with Crippen molar-refractivity contribution in [2.45, 2.75) is 65.0 Å². The average Bonchev–Trinajstić information content (AvgIpc) is 2.54. The van der Waals surface area contributed by atoms with E-state index in [1.165, 1.54) is 5.57 Å². The number of guanidine groups is 1. The molecule has 134 valence electrons. The molecule has 0 aromatic rings. The van der Waals surface area contributed by atoms with Gasteiger partial charge in [-0.05, 0) is 39.5 Å². The molecule has 23 heavy (non-hydrogen) atoms. The lowest BCUT2D eigenvalue weighted by Crippen LogP contribution is -2.49. The van der Waals surface area contributed by atoms with Crippen molar-refractivity contribution < 1.29 is 5.11 Å². The summed E-state index contributed by atoms with van der Waals surface area (Å²) in [6, 6.07) is 0.450. The molecular formula is C18H36N4O. The number of rotatable bonds is 8. The predicted octanol–water partition coefficient (Wildman–Crippen LogP) is 2.13. The molecule has 0 spiro atoms. The summed E-state index contributed by atoms with van der Waals surface area (Å²) in [6.07, 6.45) is 3.68. The van der Waals surface area contributed by atoms with Gasteiger partial charge in [0, 0.05) is 32.2 Å². The Labute approximate surface area is 142 Å². The third-order valence-electron chi connectivity index (χ3n) is 4.61. The fraction of sp³-hybridized carbons (Fsp3) is 0.833. The lowest BCUT2D eigenvalue weighted by Gasteiger charge is -2.33. The zero-order valence-corrected chi connectivity index (χ0v) is 15.5. The van der Waals surface area contributed by atoms with Crippen molar-refractivity contribution in [3.05, 3.63) is 12.2 Å². The maximum Gasteiger partial charge on any atom is 0.191 e. The molecule has 1 rings (SSSR count). The number of aliphatic imine (C=N–C) groups is 1. The Morgan fingerprint density at radius 1 is 1.26 bits per heavy atom. The third-order valence-corrected chi connectivity index (χ3v) is 4.61. The summed E-state index contributed by atoms with van der Waals surface area (Å²) >= 11 is 0. The third kappa shape index (κ3) is 7.36. The summed E-state index contributed by atoms with van der Waals surface area (Å²) in [5, 5.41) is 17.2. The van der Waals surface area contributed by atoms with Gasteiger partial charge >= 0.3 is 0 Å². The van der Waals surface area contributed by atoms with Crippen molar-refractivity contribution in [1.82, 2.24) is 15.5 Å². The summed E-state index contributed by atoms with van der Waals surface area (Å²) in [6.45, 7) is 16.6. The first-order valence-electron chi connectivity index (χ1n) is 9.06. The van der Waals surface area contributed by atoms with E-state index in [1.54, 1.807) is 0 Å². The Hall–Kier alpha value is -1.07. The van der Waals surface area contributed by atoms with Gasteiger partial charge in [0.1, 0.15) is 0 Å². The molecule has 1 aliphatic rings. The summed E-state index contributed by atoms with van der Waals surface area (Å²) in [4.78, 5) is 7.06. The van der Waals surface area contributed by atoms with Crippen LogP contribution in [0.3, 0.4) is 0 Å². The zero-order chi connectivity index (χ0) is 17.3. The van der Waals surface area contributed by atoms with Gasteiger partial charge in [-0.1, -0.05) is 26.0 Å². The highest BCUT2D eigenvalue weighted by Gasteiger charge is 2.23. The zero-order valence-electron chi connectivity index (χ0n) is 15.5. The summed E-state index contributed by atoms with van der Waals surface area (Å²) < 4.78 is 0. The van der Waals surface area contributed by atoms with Crippen LogP contribution in [0, 0.1) is 0 Å². The van der Waals surface area contributed by atoms with Crippen molar-refractivity contribution in [2.24, 2.45) is 4.99 Å². The number of nitrogens with zero attached hydrogens (tertiary/aromatic N) is 2. The Morgan fingerprint density at radius 2 is 1.87 bits per heavy atom. The van der Waals surface area contributed by atoms with Crippen molar-refractivity contribution in [3.8, 4) is 0 Å². The second kappa shape index (κ2) is 9.93. The molecule has 0 atom stereocenters. The molecule has 0 radical (unpaired) electrons. The molecule has 0 aliphatic carbocycles. The number of hydrogen-bond acceptors (Lipinski definition) is 3. The standard InChI is InChI=1S/C18H36N4O/c1-6-18(23,7-2)14-20-17(19-8-3)21-16-9-11-22(12-10-16)13-15(4)5/h16,23H,4,6-14H2,1-3,5H3,(H2,19,20,21). The van der Waals surface area contributed by atoms with Crippen LogP contribution in [-0.4, -0.2) is 60.3 Å². The molecule has 0 unspecified atom stereocenters. The normalized spacial score (nSPS) is 18.0. The molecule has 0 aromatic heterocycles. The van der Waals surface area contributed by atoms with Crippen molar-refractivity contribution in [2.75, 3.05) is 32.7 Å². The fourth-order valence-corrected chi connectivity index (χ4v) is 2.83. The SMILES string of the molecule is C=C(C)CN1CCC(NC(=NCC(O)(CC)CC)NCC)CC1. The van der Waals surface area contributed by atoms with Crippen LogP contribution in [-0.2, 0) is 0 Å². The molecule has 5 nitrogen and oxygen atoms in total. The summed E-state index contributed by atoms with van der Waals surface area (Å²) in [7, 11) is 0. The van der Waals surface area contributed by atoms with E-state index in [9.17, 15) is 5.11 Å². The first-order valence-corrected chi connectivity index (χ1v) is 9.06. The van der Waals surface area contributed by atoms with E-state index in [0.29, 0.717) is 12.6 Å². The Morgan fingerprint density at radius 3 is 2.35 bits per heavy atom. The van der Waals surface area contributed by atoms with Crippen molar-refractivity contribution in [3.63, 3.8) is 0 Å². The maximum absolute atomic E-state index is 10.4. The number of aliphatic hydroxyl groups is 1. The van der Waals surface area contributed by atoms with E-state index < -0.39 is 5.60 Å². The number of likely N-dealkylation sites (tertiary alicyclic amines) is 1. The first kappa shape index (κ1) is 20.0. The van der Waals surface area contributed by atoms with Gasteiger partial charge in [-0.15, -0.1) is 0 Å². The van der Waals surface area contributed by atoms with E-state index in [2.05, 4.69) is 41.0 Å². The van der Waals surface area contributed by atoms with Gasteiger partial charge in [-0.3, -0.25) is 9.89 Å². The molecular weight excluding hydrogens is 288 g/mol. The van der Waals surface area contributed by atoms with Crippen LogP contribution in [0.5, 0.6) is 0 Å². The molecule has 1 heterocycles. The van der Waals surface area contributed by atoms with Gasteiger partial charge in [0.2, 0.25) is 0 Å². The van der Waals surface area contributed by atoms with E-state index in [4.69, 9.17) is 0 Å². The highest BCUT2D eigenvalue weighted by atomic mass is 16.3. The van der Waals surface area contributed by atoms with Crippen LogP contribution in [0.4, 0.5) is 0 Å². The van der Waals surface area contributed by atoms with E-state index in [0.717, 1.165) is 57.8 Å². The molecule has 0 bridgehead atoms. The van der Waals surface area contributed by atoms with Crippen molar-refractivity contribution >= 4 is 5.96 Å². The fourth-order valence-electron chi connectivity index (χ4n) is 2.83. The molecule has 1 saturated heterocycles. The van der Waals surface area contributed by atoms with Crippen LogP contribution in [0.15, 0.2) is 17.1 Å². The number of hydrogen-bond donors (Lipinski definition) is 3. The van der Waals surface area contributed by atoms with Crippen LogP contribution < -0.4 is 10.6 Å². The Bertz CT molecular complexity index is 382. The minimum atomic E-state index is -0.687. The largest absolute Gasteiger partial charge is 0.388 e. The lowest BCUT2D eigenvalue weighted by atomic mass is 9.98. The number of piperidine rings is 1. The minimum absolute atomic E-state index is 0.448. The highest BCUT2D eigenvalue weighted by Crippen LogP contribution is 2.15. The topological polar surface area (TPSA) is 59.9 Å². The van der Waals surface area contributed by atoms with Gasteiger partial charge in [0.15, 0.2) is 5.96 Å². The summed E-state index contributed by atoms with van der Waals surface area (Å²) in [5.41, 5.74) is 0.539. The second-order valence-corrected chi connectivity index (χ2v) is 6.78.